The van der Waals surface area contributed by atoms with Crippen LogP contribution in [0.3, 0.4) is 0 Å². The molecule has 0 atom stereocenters. The van der Waals surface area contributed by atoms with Gasteiger partial charge in [0.1, 0.15) is 6.54 Å². The van der Waals surface area contributed by atoms with Crippen molar-refractivity contribution in [3.63, 3.8) is 0 Å². The van der Waals surface area contributed by atoms with Crippen LogP contribution in [-0.2, 0) is 11.3 Å². The van der Waals surface area contributed by atoms with E-state index in [-0.39, 0.29) is 0 Å². The van der Waals surface area contributed by atoms with Crippen LogP contribution in [0.5, 0.6) is 0 Å². The second-order valence-corrected chi connectivity index (χ2v) is 5.94. The predicted molar refractivity (Wildman–Crippen MR) is 92.8 cm³/mol. The molecule has 3 heterocycles. The van der Waals surface area contributed by atoms with E-state index in [0.29, 0.717) is 21.6 Å². The molecule has 0 amide bonds. The molecule has 0 aliphatic rings. The number of rotatable bonds is 3. The van der Waals surface area contributed by atoms with Crippen LogP contribution < -0.4 is 5.56 Å². The quantitative estimate of drug-likeness (QED) is 0.610. The number of carboxylic acids is 1. The third-order valence-electron chi connectivity index (χ3n) is 3.93. The minimum absolute atomic E-state index is 0.307. The molecular formula is C17H11ClN4O3. The molecule has 7 nitrogen and oxygen atoms in total. The van der Waals surface area contributed by atoms with E-state index in [1.807, 2.05) is 12.1 Å². The molecule has 0 unspecified atom stereocenters. The SMILES string of the molecule is O=C(O)Cn1ccc2c(cnc3c(-c4ccc(Cl)cc4)cnn32)c1=O. The minimum atomic E-state index is -1.08. The number of hydrogen-bond acceptors (Lipinski definition) is 4. The highest BCUT2D eigenvalue weighted by Crippen LogP contribution is 2.26. The van der Waals surface area contributed by atoms with Gasteiger partial charge >= 0.3 is 5.97 Å². The lowest BCUT2D eigenvalue weighted by molar-refractivity contribution is -0.137. The van der Waals surface area contributed by atoms with Crippen molar-refractivity contribution in [2.45, 2.75) is 6.54 Å². The van der Waals surface area contributed by atoms with Gasteiger partial charge in [-0.25, -0.2) is 9.50 Å². The van der Waals surface area contributed by atoms with Gasteiger partial charge < -0.3 is 9.67 Å². The number of benzene rings is 1. The summed E-state index contributed by atoms with van der Waals surface area (Å²) in [5.74, 6) is -1.08. The Morgan fingerprint density at radius 2 is 1.92 bits per heavy atom. The smallest absolute Gasteiger partial charge is 0.323 e. The largest absolute Gasteiger partial charge is 0.480 e. The maximum atomic E-state index is 12.4. The molecule has 124 valence electrons. The van der Waals surface area contributed by atoms with Gasteiger partial charge in [-0.15, -0.1) is 0 Å². The van der Waals surface area contributed by atoms with Crippen LogP contribution in [0.2, 0.25) is 5.02 Å². The van der Waals surface area contributed by atoms with Gasteiger partial charge in [-0.2, -0.15) is 5.10 Å². The number of carbonyl (C=O) groups is 1. The molecule has 4 aromatic rings. The van der Waals surface area contributed by atoms with E-state index < -0.39 is 18.1 Å². The summed E-state index contributed by atoms with van der Waals surface area (Å²) in [5, 5.41) is 14.2. The highest BCUT2D eigenvalue weighted by Gasteiger charge is 2.13. The van der Waals surface area contributed by atoms with E-state index in [9.17, 15) is 9.59 Å². The normalized spacial score (nSPS) is 11.2. The van der Waals surface area contributed by atoms with Gasteiger partial charge in [-0.05, 0) is 23.8 Å². The summed E-state index contributed by atoms with van der Waals surface area (Å²) < 4.78 is 2.70. The summed E-state index contributed by atoms with van der Waals surface area (Å²) in [4.78, 5) is 27.6. The Hall–Kier alpha value is -3.19. The Labute approximate surface area is 145 Å². The maximum absolute atomic E-state index is 12.4. The average Bonchev–Trinajstić information content (AvgIpc) is 3.02. The van der Waals surface area contributed by atoms with Crippen molar-refractivity contribution in [1.82, 2.24) is 19.2 Å². The van der Waals surface area contributed by atoms with Crippen molar-refractivity contribution in [3.8, 4) is 11.1 Å². The van der Waals surface area contributed by atoms with E-state index in [2.05, 4.69) is 10.1 Å². The molecule has 4 rings (SSSR count). The van der Waals surface area contributed by atoms with Crippen LogP contribution >= 0.6 is 11.6 Å². The van der Waals surface area contributed by atoms with Crippen molar-refractivity contribution < 1.29 is 9.90 Å². The van der Waals surface area contributed by atoms with Gasteiger partial charge in [0.2, 0.25) is 0 Å². The Balaban J connectivity index is 1.94. The summed E-state index contributed by atoms with van der Waals surface area (Å²) in [7, 11) is 0. The fourth-order valence-electron chi connectivity index (χ4n) is 2.76. The summed E-state index contributed by atoms with van der Waals surface area (Å²) in [6, 6.07) is 8.97. The lowest BCUT2D eigenvalue weighted by atomic mass is 10.1. The van der Waals surface area contributed by atoms with Gasteiger partial charge in [0, 0.05) is 23.0 Å². The monoisotopic (exact) mass is 354 g/mol. The second-order valence-electron chi connectivity index (χ2n) is 5.50. The Morgan fingerprint density at radius 1 is 1.16 bits per heavy atom. The Bertz CT molecular complexity index is 1180. The zero-order chi connectivity index (χ0) is 17.6. The molecule has 0 aliphatic heterocycles. The molecular weight excluding hydrogens is 344 g/mol. The molecule has 0 fully saturated rings. The number of hydrogen-bond donors (Lipinski definition) is 1. The molecule has 8 heteroatoms. The average molecular weight is 355 g/mol. The predicted octanol–water partition coefficient (Wildman–Crippen LogP) is 2.45. The third-order valence-corrected chi connectivity index (χ3v) is 4.18. The van der Waals surface area contributed by atoms with Crippen LogP contribution in [0.25, 0.3) is 27.7 Å². The molecule has 0 aliphatic carbocycles. The fraction of sp³-hybridized carbons (Fsp3) is 0.0588. The number of halogens is 1. The van der Waals surface area contributed by atoms with Crippen LogP contribution in [0.1, 0.15) is 0 Å². The van der Waals surface area contributed by atoms with Crippen LogP contribution in [0.4, 0.5) is 0 Å². The molecule has 3 aromatic heterocycles. The highest BCUT2D eigenvalue weighted by atomic mass is 35.5. The molecule has 0 saturated carbocycles. The number of fused-ring (bicyclic) bond motifs is 3. The minimum Gasteiger partial charge on any atom is -0.480 e. The van der Waals surface area contributed by atoms with Gasteiger partial charge in [0.25, 0.3) is 5.56 Å². The number of nitrogens with zero attached hydrogens (tertiary/aromatic N) is 4. The van der Waals surface area contributed by atoms with Gasteiger partial charge in [0.05, 0.1) is 17.1 Å². The molecule has 0 bridgehead atoms. The topological polar surface area (TPSA) is 89.5 Å². The van der Waals surface area contributed by atoms with Crippen LogP contribution in [0, 0.1) is 0 Å². The molecule has 25 heavy (non-hydrogen) atoms. The Kier molecular flexibility index (Phi) is 3.51. The first-order valence-electron chi connectivity index (χ1n) is 7.38. The first-order valence-corrected chi connectivity index (χ1v) is 7.76. The van der Waals surface area contributed by atoms with Crippen molar-refractivity contribution in [1.29, 1.82) is 0 Å². The van der Waals surface area contributed by atoms with E-state index >= 15 is 0 Å². The second kappa shape index (κ2) is 5.71. The van der Waals surface area contributed by atoms with Crippen LogP contribution in [-0.4, -0.2) is 30.2 Å². The standard InChI is InChI=1S/C17H11ClN4O3/c18-11-3-1-10(2-4-11)12-8-20-22-14-5-6-21(9-15(23)24)17(25)13(14)7-19-16(12)22/h1-8H,9H2,(H,23,24). The van der Waals surface area contributed by atoms with Crippen molar-refractivity contribution >= 4 is 34.1 Å². The summed E-state index contributed by atoms with van der Waals surface area (Å²) in [6.45, 7) is -0.401. The number of carboxylic acid groups (broad SMARTS) is 1. The van der Waals surface area contributed by atoms with E-state index in [4.69, 9.17) is 16.7 Å². The maximum Gasteiger partial charge on any atom is 0.323 e. The number of aliphatic carboxylic acids is 1. The molecule has 0 spiro atoms. The van der Waals surface area contributed by atoms with Gasteiger partial charge in [-0.3, -0.25) is 9.59 Å². The van der Waals surface area contributed by atoms with Crippen molar-refractivity contribution in [2.24, 2.45) is 0 Å². The third kappa shape index (κ3) is 2.54. The van der Waals surface area contributed by atoms with E-state index in [1.54, 1.807) is 28.9 Å². The molecule has 1 aromatic carbocycles. The van der Waals surface area contributed by atoms with Gasteiger partial charge in [-0.1, -0.05) is 23.7 Å². The highest BCUT2D eigenvalue weighted by molar-refractivity contribution is 6.30. The molecule has 1 N–H and O–H groups in total. The first kappa shape index (κ1) is 15.3. The lowest BCUT2D eigenvalue weighted by Gasteiger charge is -2.06. The first-order chi connectivity index (χ1) is 12.0. The number of aromatic nitrogens is 4. The van der Waals surface area contributed by atoms with Crippen molar-refractivity contribution in [3.05, 3.63) is 64.3 Å². The molecule has 0 radical (unpaired) electrons. The van der Waals surface area contributed by atoms with Gasteiger partial charge in [0.15, 0.2) is 5.65 Å². The fourth-order valence-corrected chi connectivity index (χ4v) is 2.89. The summed E-state index contributed by atoms with van der Waals surface area (Å²) >= 11 is 5.92. The zero-order valence-electron chi connectivity index (χ0n) is 12.8. The Morgan fingerprint density at radius 3 is 2.64 bits per heavy atom. The summed E-state index contributed by atoms with van der Waals surface area (Å²) in [6.07, 6.45) is 4.57. The number of pyridine rings is 1. The zero-order valence-corrected chi connectivity index (χ0v) is 13.5. The summed E-state index contributed by atoms with van der Waals surface area (Å²) in [5.41, 5.74) is 2.47. The lowest BCUT2D eigenvalue weighted by Crippen LogP contribution is -2.24. The van der Waals surface area contributed by atoms with E-state index in [1.165, 1.54) is 12.4 Å². The van der Waals surface area contributed by atoms with Crippen LogP contribution in [0.15, 0.2) is 53.7 Å². The molecule has 0 saturated heterocycles. The van der Waals surface area contributed by atoms with E-state index in [0.717, 1.165) is 15.7 Å². The van der Waals surface area contributed by atoms with Crippen molar-refractivity contribution in [2.75, 3.05) is 0 Å².